The van der Waals surface area contributed by atoms with E-state index >= 15 is 0 Å². The number of hydrogen-bond donors (Lipinski definition) is 0. The molecule has 0 atom stereocenters. The molecule has 0 amide bonds. The van der Waals surface area contributed by atoms with Gasteiger partial charge in [-0.1, -0.05) is 17.6 Å². The molecule has 0 N–H and O–H groups in total. The lowest BCUT2D eigenvalue weighted by atomic mass is 9.92. The first-order valence-corrected chi connectivity index (χ1v) is 5.90. The number of hydrogen-bond acceptors (Lipinski definition) is 3. The Morgan fingerprint density at radius 2 is 1.89 bits per heavy atom. The molecule has 0 bridgehead atoms. The minimum atomic E-state index is 0.774. The second-order valence-electron chi connectivity index (χ2n) is 4.36. The third kappa shape index (κ3) is 1.86. The molecule has 0 fully saturated rings. The molecule has 0 aliphatic heterocycles. The van der Waals surface area contributed by atoms with E-state index in [2.05, 4.69) is 28.9 Å². The van der Waals surface area contributed by atoms with Gasteiger partial charge in [0.2, 0.25) is 0 Å². The maximum atomic E-state index is 4.57. The van der Waals surface area contributed by atoms with Gasteiger partial charge < -0.3 is 0 Å². The maximum absolute atomic E-state index is 4.57. The molecule has 0 saturated heterocycles. The van der Waals surface area contributed by atoms with Crippen molar-refractivity contribution >= 4 is 24.3 Å². The van der Waals surface area contributed by atoms with Gasteiger partial charge in [-0.15, -0.1) is 0 Å². The zero-order chi connectivity index (χ0) is 12.5. The zero-order valence-corrected chi connectivity index (χ0v) is 10.4. The second-order valence-corrected chi connectivity index (χ2v) is 4.36. The Hall–Kier alpha value is -2.23. The van der Waals surface area contributed by atoms with E-state index in [4.69, 9.17) is 0 Å². The lowest BCUT2D eigenvalue weighted by molar-refractivity contribution is 1.18. The van der Waals surface area contributed by atoms with Gasteiger partial charge in [0.05, 0.1) is 11.4 Å². The van der Waals surface area contributed by atoms with Crippen LogP contribution in [0.1, 0.15) is 5.69 Å². The van der Waals surface area contributed by atoms with Crippen LogP contribution in [0.5, 0.6) is 0 Å². The Balaban J connectivity index is 2.24. The van der Waals surface area contributed by atoms with E-state index in [0.717, 1.165) is 28.1 Å². The molecule has 0 saturated carbocycles. The van der Waals surface area contributed by atoms with E-state index in [-0.39, 0.29) is 0 Å². The lowest BCUT2D eigenvalue weighted by Gasteiger charge is -2.05. The number of pyridine rings is 3. The topological polar surface area (TPSA) is 38.7 Å². The molecule has 18 heavy (non-hydrogen) atoms. The SMILES string of the molecule is Bc1cc(-c2cccc(C)n2)nc2ncccc12. The number of rotatable bonds is 1. The average molecular weight is 233 g/mol. The zero-order valence-electron chi connectivity index (χ0n) is 10.4. The maximum Gasteiger partial charge on any atom is 0.159 e. The van der Waals surface area contributed by atoms with Crippen molar-refractivity contribution in [3.05, 3.63) is 48.3 Å². The Kier molecular flexibility index (Phi) is 2.56. The number of aromatic nitrogens is 3. The number of nitrogens with zero attached hydrogens (tertiary/aromatic N) is 3. The van der Waals surface area contributed by atoms with Crippen molar-refractivity contribution in [2.24, 2.45) is 0 Å². The van der Waals surface area contributed by atoms with Gasteiger partial charge in [-0.2, -0.15) is 0 Å². The summed E-state index contributed by atoms with van der Waals surface area (Å²) in [5, 5.41) is 1.09. The number of fused-ring (bicyclic) bond motifs is 1. The molecule has 3 aromatic rings. The van der Waals surface area contributed by atoms with Crippen LogP contribution < -0.4 is 5.46 Å². The predicted octanol–water partition coefficient (Wildman–Crippen LogP) is 1.26. The van der Waals surface area contributed by atoms with Gasteiger partial charge in [0.25, 0.3) is 0 Å². The van der Waals surface area contributed by atoms with Crippen molar-refractivity contribution in [3.63, 3.8) is 0 Å². The number of aryl methyl sites for hydroxylation is 1. The molecule has 3 rings (SSSR count). The van der Waals surface area contributed by atoms with Crippen molar-refractivity contribution in [2.45, 2.75) is 6.92 Å². The molecule has 0 unspecified atom stereocenters. The molecule has 0 radical (unpaired) electrons. The fraction of sp³-hybridized carbons (Fsp3) is 0.0714. The van der Waals surface area contributed by atoms with Crippen molar-refractivity contribution in [3.8, 4) is 11.4 Å². The normalized spacial score (nSPS) is 10.7. The Bertz CT molecular complexity index is 725. The van der Waals surface area contributed by atoms with Crippen LogP contribution in [0, 0.1) is 6.92 Å². The van der Waals surface area contributed by atoms with Crippen LogP contribution in [0.4, 0.5) is 0 Å². The Morgan fingerprint density at radius 1 is 1.00 bits per heavy atom. The fourth-order valence-corrected chi connectivity index (χ4v) is 2.04. The van der Waals surface area contributed by atoms with E-state index in [0.29, 0.717) is 0 Å². The van der Waals surface area contributed by atoms with Crippen LogP contribution in [0.15, 0.2) is 42.6 Å². The van der Waals surface area contributed by atoms with E-state index in [1.165, 1.54) is 5.46 Å². The van der Waals surface area contributed by atoms with E-state index in [9.17, 15) is 0 Å². The first kappa shape index (κ1) is 10.9. The van der Waals surface area contributed by atoms with Crippen LogP contribution in [-0.4, -0.2) is 22.8 Å². The summed E-state index contributed by atoms with van der Waals surface area (Å²) in [4.78, 5) is 13.4. The molecule has 3 nitrogen and oxygen atoms in total. The minimum Gasteiger partial charge on any atom is -0.251 e. The molecule has 4 heteroatoms. The standard InChI is InChI=1S/C14H12BN3/c1-9-4-2-6-12(17-9)13-8-11(15)10-5-3-7-16-14(10)18-13/h2-8H,15H2,1H3. The van der Waals surface area contributed by atoms with Crippen LogP contribution in [0.25, 0.3) is 22.4 Å². The predicted molar refractivity (Wildman–Crippen MR) is 75.7 cm³/mol. The van der Waals surface area contributed by atoms with Crippen LogP contribution in [0.2, 0.25) is 0 Å². The van der Waals surface area contributed by atoms with Crippen LogP contribution in [-0.2, 0) is 0 Å². The Labute approximate surface area is 106 Å². The summed E-state index contributed by atoms with van der Waals surface area (Å²) < 4.78 is 0. The van der Waals surface area contributed by atoms with Gasteiger partial charge in [-0.25, -0.2) is 9.97 Å². The molecular formula is C14H12BN3. The van der Waals surface area contributed by atoms with E-state index < -0.39 is 0 Å². The van der Waals surface area contributed by atoms with Gasteiger partial charge in [-0.3, -0.25) is 4.98 Å². The monoisotopic (exact) mass is 233 g/mol. The molecule has 86 valence electrons. The molecule has 3 aromatic heterocycles. The summed E-state index contributed by atoms with van der Waals surface area (Å²) in [6.45, 7) is 1.98. The van der Waals surface area contributed by atoms with Crippen molar-refractivity contribution in [2.75, 3.05) is 0 Å². The fourth-order valence-electron chi connectivity index (χ4n) is 2.04. The van der Waals surface area contributed by atoms with Gasteiger partial charge in [-0.05, 0) is 31.2 Å². The third-order valence-electron chi connectivity index (χ3n) is 2.94. The van der Waals surface area contributed by atoms with Gasteiger partial charge >= 0.3 is 0 Å². The van der Waals surface area contributed by atoms with E-state index in [1.807, 2.05) is 37.3 Å². The van der Waals surface area contributed by atoms with Crippen molar-refractivity contribution < 1.29 is 0 Å². The van der Waals surface area contributed by atoms with Crippen LogP contribution in [0.3, 0.4) is 0 Å². The highest BCUT2D eigenvalue weighted by Gasteiger charge is 2.06. The lowest BCUT2D eigenvalue weighted by Crippen LogP contribution is -2.07. The molecular weight excluding hydrogens is 221 g/mol. The molecule has 3 heterocycles. The smallest absolute Gasteiger partial charge is 0.159 e. The molecule has 0 spiro atoms. The van der Waals surface area contributed by atoms with Gasteiger partial charge in [0.15, 0.2) is 5.65 Å². The first-order valence-electron chi connectivity index (χ1n) is 5.90. The summed E-state index contributed by atoms with van der Waals surface area (Å²) in [6.07, 6.45) is 1.77. The third-order valence-corrected chi connectivity index (χ3v) is 2.94. The summed E-state index contributed by atoms with van der Waals surface area (Å²) in [5.74, 6) is 0. The highest BCUT2D eigenvalue weighted by molar-refractivity contribution is 6.38. The molecule has 0 aliphatic rings. The summed E-state index contributed by atoms with van der Waals surface area (Å²) in [5.41, 5.74) is 4.71. The summed E-state index contributed by atoms with van der Waals surface area (Å²) in [6, 6.07) is 12.0. The summed E-state index contributed by atoms with van der Waals surface area (Å²) >= 11 is 0. The van der Waals surface area contributed by atoms with E-state index in [1.54, 1.807) is 6.20 Å². The summed E-state index contributed by atoms with van der Waals surface area (Å²) in [7, 11) is 2.07. The molecule has 0 aromatic carbocycles. The van der Waals surface area contributed by atoms with Crippen molar-refractivity contribution in [1.29, 1.82) is 0 Å². The Morgan fingerprint density at radius 3 is 2.72 bits per heavy atom. The van der Waals surface area contributed by atoms with Crippen molar-refractivity contribution in [1.82, 2.24) is 15.0 Å². The minimum absolute atomic E-state index is 0.774. The molecule has 0 aliphatic carbocycles. The van der Waals surface area contributed by atoms with Gasteiger partial charge in [0, 0.05) is 17.3 Å². The largest absolute Gasteiger partial charge is 0.251 e. The average Bonchev–Trinajstić information content (AvgIpc) is 2.39. The second kappa shape index (κ2) is 4.22. The highest BCUT2D eigenvalue weighted by atomic mass is 14.9. The van der Waals surface area contributed by atoms with Gasteiger partial charge in [0.1, 0.15) is 7.85 Å². The first-order chi connectivity index (χ1) is 8.74. The quantitative estimate of drug-likeness (QED) is 0.594. The highest BCUT2D eigenvalue weighted by Crippen LogP contribution is 2.16. The van der Waals surface area contributed by atoms with Crippen LogP contribution >= 0.6 is 0 Å².